The summed E-state index contributed by atoms with van der Waals surface area (Å²) in [6.45, 7) is 3.64. The van der Waals surface area contributed by atoms with E-state index >= 15 is 0 Å². The first-order valence-corrected chi connectivity index (χ1v) is 10.3. The SMILES string of the molecule is Cc1cccc2nc([C@H](C)NC(=O)c3c(N)nn4cncnc34)n(-c3ccccc3)c(=O)c12. The molecule has 1 atom stereocenters. The molecule has 33 heavy (non-hydrogen) atoms. The molecule has 3 N–H and O–H groups in total. The van der Waals surface area contributed by atoms with E-state index < -0.39 is 11.9 Å². The van der Waals surface area contributed by atoms with Gasteiger partial charge in [0.15, 0.2) is 11.5 Å². The Morgan fingerprint density at radius 3 is 2.70 bits per heavy atom. The number of hydrogen-bond acceptors (Lipinski definition) is 7. The molecule has 164 valence electrons. The van der Waals surface area contributed by atoms with Crippen LogP contribution in [0.1, 0.15) is 34.7 Å². The van der Waals surface area contributed by atoms with Crippen LogP contribution in [0.4, 0.5) is 5.82 Å². The number of carbonyl (C=O) groups excluding carboxylic acids is 1. The van der Waals surface area contributed by atoms with Crippen molar-refractivity contribution in [3.63, 3.8) is 0 Å². The summed E-state index contributed by atoms with van der Waals surface area (Å²) in [5.74, 6) is -0.0584. The predicted molar refractivity (Wildman–Crippen MR) is 123 cm³/mol. The fourth-order valence-corrected chi connectivity index (χ4v) is 3.91. The van der Waals surface area contributed by atoms with Crippen LogP contribution in [0.15, 0.2) is 66.0 Å². The van der Waals surface area contributed by atoms with Crippen LogP contribution >= 0.6 is 0 Å². The molecule has 0 fully saturated rings. The Hall–Kier alpha value is -4.60. The lowest BCUT2D eigenvalue weighted by atomic mass is 10.1. The lowest BCUT2D eigenvalue weighted by Crippen LogP contribution is -2.33. The molecule has 3 aromatic heterocycles. The second-order valence-corrected chi connectivity index (χ2v) is 7.65. The van der Waals surface area contributed by atoms with Crippen LogP contribution in [-0.2, 0) is 0 Å². The zero-order valence-electron chi connectivity index (χ0n) is 17.9. The molecule has 0 unspecified atom stereocenters. The summed E-state index contributed by atoms with van der Waals surface area (Å²) >= 11 is 0. The average Bonchev–Trinajstić information content (AvgIpc) is 3.15. The third-order valence-electron chi connectivity index (χ3n) is 5.44. The number of benzene rings is 2. The van der Waals surface area contributed by atoms with Crippen LogP contribution in [0, 0.1) is 6.92 Å². The summed E-state index contributed by atoms with van der Waals surface area (Å²) in [4.78, 5) is 39.5. The number of aromatic nitrogens is 6. The minimum Gasteiger partial charge on any atom is -0.381 e. The maximum Gasteiger partial charge on any atom is 0.266 e. The Labute approximate surface area is 187 Å². The molecule has 0 spiro atoms. The number of nitrogens with two attached hydrogens (primary N) is 1. The van der Waals surface area contributed by atoms with Gasteiger partial charge in [-0.2, -0.15) is 0 Å². The highest BCUT2D eigenvalue weighted by atomic mass is 16.2. The zero-order valence-corrected chi connectivity index (χ0v) is 17.9. The third-order valence-corrected chi connectivity index (χ3v) is 5.44. The largest absolute Gasteiger partial charge is 0.381 e. The molecule has 0 radical (unpaired) electrons. The fraction of sp³-hybridized carbons (Fsp3) is 0.130. The van der Waals surface area contributed by atoms with E-state index in [0.29, 0.717) is 22.4 Å². The molecule has 3 heterocycles. The Morgan fingerprint density at radius 2 is 1.91 bits per heavy atom. The van der Waals surface area contributed by atoms with Gasteiger partial charge in [-0.3, -0.25) is 14.2 Å². The summed E-state index contributed by atoms with van der Waals surface area (Å²) in [6.07, 6.45) is 2.73. The Bertz CT molecular complexity index is 1570. The predicted octanol–water partition coefficient (Wildman–Crippen LogP) is 2.21. The van der Waals surface area contributed by atoms with Crippen molar-refractivity contribution in [1.82, 2.24) is 34.4 Å². The molecule has 5 aromatic rings. The van der Waals surface area contributed by atoms with Crippen LogP contribution in [-0.4, -0.2) is 35.0 Å². The lowest BCUT2D eigenvalue weighted by molar-refractivity contribution is 0.0940. The quantitative estimate of drug-likeness (QED) is 0.438. The number of nitrogens with one attached hydrogen (secondary N) is 1. The molecule has 0 bridgehead atoms. The molecule has 1 amide bonds. The second-order valence-electron chi connectivity index (χ2n) is 7.65. The second kappa shape index (κ2) is 7.83. The molecule has 10 heteroatoms. The van der Waals surface area contributed by atoms with Crippen LogP contribution < -0.4 is 16.6 Å². The molecule has 0 aliphatic carbocycles. The normalized spacial score (nSPS) is 12.2. The summed E-state index contributed by atoms with van der Waals surface area (Å²) in [6, 6.07) is 14.1. The fourth-order valence-electron chi connectivity index (χ4n) is 3.91. The zero-order chi connectivity index (χ0) is 23.1. The highest BCUT2D eigenvalue weighted by Crippen LogP contribution is 2.21. The Balaban J connectivity index is 1.64. The van der Waals surface area contributed by atoms with E-state index in [9.17, 15) is 9.59 Å². The van der Waals surface area contributed by atoms with Gasteiger partial charge in [0.2, 0.25) is 0 Å². The first-order valence-electron chi connectivity index (χ1n) is 10.3. The number of amides is 1. The molecule has 2 aromatic carbocycles. The van der Waals surface area contributed by atoms with Crippen molar-refractivity contribution in [2.24, 2.45) is 0 Å². The van der Waals surface area contributed by atoms with Gasteiger partial charge in [0.05, 0.1) is 22.6 Å². The maximum absolute atomic E-state index is 13.6. The molecule has 0 saturated carbocycles. The first kappa shape index (κ1) is 20.3. The van der Waals surface area contributed by atoms with Crippen molar-refractivity contribution in [2.45, 2.75) is 19.9 Å². The van der Waals surface area contributed by atoms with Gasteiger partial charge in [-0.15, -0.1) is 5.10 Å². The highest BCUT2D eigenvalue weighted by Gasteiger charge is 2.24. The van der Waals surface area contributed by atoms with E-state index in [4.69, 9.17) is 10.7 Å². The van der Waals surface area contributed by atoms with E-state index in [1.54, 1.807) is 13.0 Å². The standard InChI is InChI=1S/C23H20N8O2/c1-13-7-6-10-16-17(13)23(33)31(15-8-4-3-5-9-15)20(28-16)14(2)27-22(32)18-19(24)29-30-12-25-11-26-21(18)30/h3-12,14H,1-2H3,(H2,24,29)(H,27,32)/t14-/m0/s1. The van der Waals surface area contributed by atoms with Crippen molar-refractivity contribution in [3.05, 3.63) is 88.5 Å². The molecular weight excluding hydrogens is 420 g/mol. The summed E-state index contributed by atoms with van der Waals surface area (Å²) in [5, 5.41) is 7.51. The minimum atomic E-state index is -0.633. The van der Waals surface area contributed by atoms with Gasteiger partial charge >= 0.3 is 0 Å². The third kappa shape index (κ3) is 3.37. The van der Waals surface area contributed by atoms with Crippen molar-refractivity contribution in [2.75, 3.05) is 5.73 Å². The number of rotatable bonds is 4. The number of aryl methyl sites for hydroxylation is 1. The molecule has 10 nitrogen and oxygen atoms in total. The summed E-state index contributed by atoms with van der Waals surface area (Å²) in [7, 11) is 0. The lowest BCUT2D eigenvalue weighted by Gasteiger charge is -2.20. The molecule has 0 aliphatic heterocycles. The smallest absolute Gasteiger partial charge is 0.266 e. The van der Waals surface area contributed by atoms with Crippen LogP contribution in [0.2, 0.25) is 0 Å². The number of anilines is 1. The number of nitrogens with zero attached hydrogens (tertiary/aromatic N) is 6. The maximum atomic E-state index is 13.6. The van der Waals surface area contributed by atoms with Crippen molar-refractivity contribution in [3.8, 4) is 5.69 Å². The van der Waals surface area contributed by atoms with Crippen LogP contribution in [0.5, 0.6) is 0 Å². The van der Waals surface area contributed by atoms with Crippen LogP contribution in [0.25, 0.3) is 22.2 Å². The first-order chi connectivity index (χ1) is 16.0. The number of para-hydroxylation sites is 1. The van der Waals surface area contributed by atoms with Gasteiger partial charge in [0.25, 0.3) is 11.5 Å². The van der Waals surface area contributed by atoms with E-state index in [1.807, 2.05) is 49.4 Å². The monoisotopic (exact) mass is 440 g/mol. The molecule has 5 rings (SSSR count). The Kier molecular flexibility index (Phi) is 4.82. The van der Waals surface area contributed by atoms with Crippen molar-refractivity contribution < 1.29 is 4.79 Å². The van der Waals surface area contributed by atoms with E-state index in [0.717, 1.165) is 5.56 Å². The number of carbonyl (C=O) groups is 1. The highest BCUT2D eigenvalue weighted by molar-refractivity contribution is 6.04. The molecule has 0 aliphatic rings. The number of hydrogen-bond donors (Lipinski definition) is 2. The Morgan fingerprint density at radius 1 is 1.12 bits per heavy atom. The number of fused-ring (bicyclic) bond motifs is 2. The van der Waals surface area contributed by atoms with E-state index in [2.05, 4.69) is 20.4 Å². The molecule has 0 saturated heterocycles. The number of nitrogen functional groups attached to an aromatic ring is 1. The van der Waals surface area contributed by atoms with Crippen molar-refractivity contribution >= 4 is 28.3 Å². The van der Waals surface area contributed by atoms with Gasteiger partial charge in [0, 0.05) is 0 Å². The van der Waals surface area contributed by atoms with Gasteiger partial charge in [0.1, 0.15) is 24.0 Å². The average molecular weight is 440 g/mol. The van der Waals surface area contributed by atoms with Gasteiger partial charge in [-0.1, -0.05) is 30.3 Å². The summed E-state index contributed by atoms with van der Waals surface area (Å²) < 4.78 is 2.87. The van der Waals surface area contributed by atoms with Crippen molar-refractivity contribution in [1.29, 1.82) is 0 Å². The summed E-state index contributed by atoms with van der Waals surface area (Å²) in [5.41, 5.74) is 8.23. The van der Waals surface area contributed by atoms with Gasteiger partial charge < -0.3 is 11.1 Å². The van der Waals surface area contributed by atoms with Gasteiger partial charge in [-0.25, -0.2) is 19.5 Å². The topological polar surface area (TPSA) is 133 Å². The minimum absolute atomic E-state index is 0.0303. The molecular formula is C23H20N8O2. The van der Waals surface area contributed by atoms with Gasteiger partial charge in [-0.05, 0) is 37.6 Å². The van der Waals surface area contributed by atoms with Crippen LogP contribution in [0.3, 0.4) is 0 Å². The van der Waals surface area contributed by atoms with E-state index in [1.165, 1.54) is 21.7 Å². The van der Waals surface area contributed by atoms with E-state index in [-0.39, 0.29) is 22.6 Å².